The number of nitrogens with zero attached hydrogens (tertiary/aromatic N) is 1. The zero-order valence-corrected chi connectivity index (χ0v) is 18.1. The summed E-state index contributed by atoms with van der Waals surface area (Å²) in [5, 5.41) is 2.07. The number of carbonyl (C=O) groups is 1. The zero-order valence-electron chi connectivity index (χ0n) is 16.5. The van der Waals surface area contributed by atoms with Gasteiger partial charge < -0.3 is 10.1 Å². The van der Waals surface area contributed by atoms with E-state index in [4.69, 9.17) is 16.3 Å². The summed E-state index contributed by atoms with van der Waals surface area (Å²) in [6.07, 6.45) is 0.613. The van der Waals surface area contributed by atoms with Gasteiger partial charge in [0.2, 0.25) is 0 Å². The summed E-state index contributed by atoms with van der Waals surface area (Å²) < 4.78 is 60.1. The second kappa shape index (κ2) is 8.76. The molecule has 3 aromatic rings. The van der Waals surface area contributed by atoms with Crippen molar-refractivity contribution in [1.82, 2.24) is 0 Å². The predicted molar refractivity (Wildman–Crippen MR) is 117 cm³/mol. The molecule has 1 heterocycles. The lowest BCUT2D eigenvalue weighted by Crippen LogP contribution is -2.29. The highest BCUT2D eigenvalue weighted by Crippen LogP contribution is 2.35. The number of nitrogens with one attached hydrogen (secondary N) is 1. The van der Waals surface area contributed by atoms with E-state index in [1.54, 1.807) is 12.1 Å². The maximum Gasteiger partial charge on any atom is 0.264 e. The van der Waals surface area contributed by atoms with Gasteiger partial charge in [-0.3, -0.25) is 9.10 Å². The van der Waals surface area contributed by atoms with Crippen molar-refractivity contribution in [2.24, 2.45) is 0 Å². The Morgan fingerprint density at radius 1 is 1.06 bits per heavy atom. The van der Waals surface area contributed by atoms with Gasteiger partial charge in [-0.1, -0.05) is 35.9 Å². The number of rotatable bonds is 6. The van der Waals surface area contributed by atoms with E-state index in [-0.39, 0.29) is 15.7 Å². The van der Waals surface area contributed by atoms with E-state index >= 15 is 0 Å². The van der Waals surface area contributed by atoms with Crippen LogP contribution >= 0.6 is 11.6 Å². The maximum absolute atomic E-state index is 13.6. The van der Waals surface area contributed by atoms with Crippen LogP contribution in [0.25, 0.3) is 0 Å². The van der Waals surface area contributed by atoms with E-state index in [1.807, 2.05) is 12.1 Å². The number of ether oxygens (including phenoxy) is 1. The standard InChI is InChI=1S/C22H17ClF2N2O4S/c23-16-12-15(32(29,30)27-11-10-14-4-1-2-7-19(14)27)8-9-20(16)31-13-21(28)26-22-17(24)5-3-6-18(22)25/h1-9,12H,10-11,13H2,(H,26,28). The molecule has 0 atom stereocenters. The lowest BCUT2D eigenvalue weighted by atomic mass is 10.2. The van der Waals surface area contributed by atoms with Crippen LogP contribution in [0.15, 0.2) is 65.6 Å². The predicted octanol–water partition coefficient (Wildman–Crippen LogP) is 4.39. The van der Waals surface area contributed by atoms with Crippen LogP contribution in [0.4, 0.5) is 20.2 Å². The summed E-state index contributed by atoms with van der Waals surface area (Å²) in [6.45, 7) is -0.260. The Morgan fingerprint density at radius 2 is 1.78 bits per heavy atom. The summed E-state index contributed by atoms with van der Waals surface area (Å²) in [6, 6.07) is 14.3. The van der Waals surface area contributed by atoms with Crippen molar-refractivity contribution in [3.8, 4) is 5.75 Å². The Bertz CT molecular complexity index is 1280. The smallest absolute Gasteiger partial charge is 0.264 e. The highest BCUT2D eigenvalue weighted by Gasteiger charge is 2.31. The van der Waals surface area contributed by atoms with Crippen LogP contribution in [-0.2, 0) is 21.2 Å². The van der Waals surface area contributed by atoms with Crippen molar-refractivity contribution < 1.29 is 26.7 Å². The maximum atomic E-state index is 13.6. The summed E-state index contributed by atoms with van der Waals surface area (Å²) in [5.41, 5.74) is 0.986. The van der Waals surface area contributed by atoms with Crippen molar-refractivity contribution in [3.63, 3.8) is 0 Å². The molecule has 0 saturated heterocycles. The molecule has 32 heavy (non-hydrogen) atoms. The number of fused-ring (bicyclic) bond motifs is 1. The van der Waals surface area contributed by atoms with E-state index in [1.165, 1.54) is 28.6 Å². The molecule has 0 spiro atoms. The molecule has 0 aromatic heterocycles. The number of hydrogen-bond donors (Lipinski definition) is 1. The highest BCUT2D eigenvalue weighted by atomic mass is 35.5. The molecule has 3 aromatic carbocycles. The molecule has 1 amide bonds. The van der Waals surface area contributed by atoms with Crippen molar-refractivity contribution in [2.45, 2.75) is 11.3 Å². The molecule has 0 radical (unpaired) electrons. The molecule has 0 unspecified atom stereocenters. The van der Waals surface area contributed by atoms with Gasteiger partial charge in [0.05, 0.1) is 15.6 Å². The number of benzene rings is 3. The summed E-state index contributed by atoms with van der Waals surface area (Å²) in [7, 11) is -3.84. The van der Waals surface area contributed by atoms with E-state index in [0.717, 1.165) is 17.7 Å². The van der Waals surface area contributed by atoms with Gasteiger partial charge in [-0.05, 0) is 48.4 Å². The number of sulfonamides is 1. The van der Waals surface area contributed by atoms with Gasteiger partial charge in [0, 0.05) is 6.54 Å². The molecule has 0 bridgehead atoms. The van der Waals surface area contributed by atoms with Gasteiger partial charge in [0.15, 0.2) is 6.61 Å². The molecule has 0 saturated carbocycles. The van der Waals surface area contributed by atoms with Crippen LogP contribution in [0.5, 0.6) is 5.75 Å². The van der Waals surface area contributed by atoms with Crippen LogP contribution in [0.2, 0.25) is 5.02 Å². The quantitative estimate of drug-likeness (QED) is 0.570. The first-order valence-electron chi connectivity index (χ1n) is 9.54. The Hall–Kier alpha value is -3.17. The van der Waals surface area contributed by atoms with Crippen molar-refractivity contribution in [2.75, 3.05) is 22.8 Å². The number of hydrogen-bond acceptors (Lipinski definition) is 4. The lowest BCUT2D eigenvalue weighted by Gasteiger charge is -2.20. The third-order valence-electron chi connectivity index (χ3n) is 4.92. The summed E-state index contributed by atoms with van der Waals surface area (Å²) in [4.78, 5) is 12.0. The molecule has 6 nitrogen and oxygen atoms in total. The minimum Gasteiger partial charge on any atom is -0.482 e. The lowest BCUT2D eigenvalue weighted by molar-refractivity contribution is -0.118. The van der Waals surface area contributed by atoms with Gasteiger partial charge in [-0.25, -0.2) is 17.2 Å². The zero-order chi connectivity index (χ0) is 22.9. The molecular formula is C22H17ClF2N2O4S. The van der Waals surface area contributed by atoms with Crippen LogP contribution in [0.3, 0.4) is 0 Å². The van der Waals surface area contributed by atoms with Crippen LogP contribution < -0.4 is 14.4 Å². The fourth-order valence-corrected chi connectivity index (χ4v) is 5.21. The molecule has 1 aliphatic heterocycles. The van der Waals surface area contributed by atoms with E-state index in [2.05, 4.69) is 5.32 Å². The minimum atomic E-state index is -3.84. The third-order valence-corrected chi connectivity index (χ3v) is 7.03. The number of halogens is 3. The molecule has 1 aliphatic rings. The Labute approximate surface area is 188 Å². The Kier molecular flexibility index (Phi) is 6.03. The fourth-order valence-electron chi connectivity index (χ4n) is 3.38. The summed E-state index contributed by atoms with van der Waals surface area (Å²) >= 11 is 6.18. The average molecular weight is 479 g/mol. The number of amides is 1. The van der Waals surface area contributed by atoms with Crippen molar-refractivity contribution in [3.05, 3.63) is 82.9 Å². The first-order valence-corrected chi connectivity index (χ1v) is 11.4. The largest absolute Gasteiger partial charge is 0.482 e. The molecule has 166 valence electrons. The van der Waals surface area contributed by atoms with Gasteiger partial charge in [0.1, 0.15) is 23.1 Å². The normalized spacial score (nSPS) is 13.0. The van der Waals surface area contributed by atoms with E-state index in [9.17, 15) is 22.0 Å². The molecule has 0 aliphatic carbocycles. The topological polar surface area (TPSA) is 75.7 Å². The number of para-hydroxylation sites is 2. The number of carbonyl (C=O) groups excluding carboxylic acids is 1. The van der Waals surface area contributed by atoms with Crippen LogP contribution in [0.1, 0.15) is 5.56 Å². The molecular weight excluding hydrogens is 462 g/mol. The number of anilines is 2. The monoisotopic (exact) mass is 478 g/mol. The van der Waals surface area contributed by atoms with Gasteiger partial charge in [0.25, 0.3) is 15.9 Å². The SMILES string of the molecule is O=C(COc1ccc(S(=O)(=O)N2CCc3ccccc32)cc1Cl)Nc1c(F)cccc1F. The highest BCUT2D eigenvalue weighted by molar-refractivity contribution is 7.92. The Balaban J connectivity index is 1.46. The van der Waals surface area contributed by atoms with Crippen LogP contribution in [0, 0.1) is 11.6 Å². The average Bonchev–Trinajstić information content (AvgIpc) is 3.20. The molecule has 10 heteroatoms. The summed E-state index contributed by atoms with van der Waals surface area (Å²) in [5.74, 6) is -2.60. The van der Waals surface area contributed by atoms with Gasteiger partial charge in [-0.2, -0.15) is 0 Å². The third kappa shape index (κ3) is 4.26. The van der Waals surface area contributed by atoms with E-state index < -0.39 is 39.9 Å². The minimum absolute atomic E-state index is 0.0237. The van der Waals surface area contributed by atoms with Crippen molar-refractivity contribution >= 4 is 38.9 Å². The molecule has 4 rings (SSSR count). The van der Waals surface area contributed by atoms with Gasteiger partial charge in [-0.15, -0.1) is 0 Å². The van der Waals surface area contributed by atoms with Gasteiger partial charge >= 0.3 is 0 Å². The first kappa shape index (κ1) is 22.0. The first-order chi connectivity index (χ1) is 15.3. The second-order valence-corrected chi connectivity index (χ2v) is 9.25. The second-order valence-electron chi connectivity index (χ2n) is 6.98. The van der Waals surface area contributed by atoms with Crippen molar-refractivity contribution in [1.29, 1.82) is 0 Å². The van der Waals surface area contributed by atoms with Crippen LogP contribution in [-0.4, -0.2) is 27.5 Å². The molecule has 1 N–H and O–H groups in total. The Morgan fingerprint density at radius 3 is 2.50 bits per heavy atom. The van der Waals surface area contributed by atoms with E-state index in [0.29, 0.717) is 18.7 Å². The molecule has 0 fully saturated rings. The fraction of sp³-hybridized carbons (Fsp3) is 0.136.